The summed E-state index contributed by atoms with van der Waals surface area (Å²) in [5.41, 5.74) is 0.595. The Hall–Kier alpha value is -1.38. The summed E-state index contributed by atoms with van der Waals surface area (Å²) in [5.74, 6) is 0. The minimum atomic E-state index is 0.595. The van der Waals surface area contributed by atoms with Crippen LogP contribution in [0.15, 0.2) is 29.0 Å². The van der Waals surface area contributed by atoms with Gasteiger partial charge in [-0.25, -0.2) is 4.98 Å². The Morgan fingerprint density at radius 2 is 2.44 bits per heavy atom. The van der Waals surface area contributed by atoms with Crippen molar-refractivity contribution in [3.8, 4) is 0 Å². The lowest BCUT2D eigenvalue weighted by Crippen LogP contribution is -1.66. The molecule has 0 aromatic carbocycles. The third kappa shape index (κ3) is 0.579. The fourth-order valence-corrected chi connectivity index (χ4v) is 0.711. The predicted molar refractivity (Wildman–Crippen MR) is 31.8 cm³/mol. The zero-order valence-corrected chi connectivity index (χ0v) is 4.61. The molecule has 3 nitrogen and oxygen atoms in total. The van der Waals surface area contributed by atoms with E-state index in [1.54, 1.807) is 12.4 Å². The first-order valence-corrected chi connectivity index (χ1v) is 2.62. The van der Waals surface area contributed by atoms with Gasteiger partial charge >= 0.3 is 0 Å². The average Bonchev–Trinajstić information content (AvgIpc) is 2.33. The second-order valence-electron chi connectivity index (χ2n) is 1.72. The summed E-state index contributed by atoms with van der Waals surface area (Å²) >= 11 is 0. The lowest BCUT2D eigenvalue weighted by atomic mass is 10.4. The normalized spacial score (nSPS) is 10.2. The van der Waals surface area contributed by atoms with Crippen molar-refractivity contribution >= 4 is 11.1 Å². The van der Waals surface area contributed by atoms with Crippen molar-refractivity contribution in [2.24, 2.45) is 0 Å². The molecule has 0 fully saturated rings. The maximum atomic E-state index is 4.76. The number of nitrogens with zero attached hydrogens (tertiary/aromatic N) is 2. The van der Waals surface area contributed by atoms with E-state index in [0.29, 0.717) is 5.71 Å². The Morgan fingerprint density at radius 1 is 1.44 bits per heavy atom. The molecular weight excluding hydrogens is 116 g/mol. The van der Waals surface area contributed by atoms with Gasteiger partial charge in [0.25, 0.3) is 5.71 Å². The van der Waals surface area contributed by atoms with Gasteiger partial charge in [-0.15, -0.1) is 0 Å². The molecule has 9 heavy (non-hydrogen) atoms. The van der Waals surface area contributed by atoms with Gasteiger partial charge in [0.1, 0.15) is 0 Å². The van der Waals surface area contributed by atoms with Crippen LogP contribution in [0.25, 0.3) is 11.1 Å². The zero-order chi connectivity index (χ0) is 6.10. The van der Waals surface area contributed by atoms with E-state index in [9.17, 15) is 0 Å². The highest BCUT2D eigenvalue weighted by atomic mass is 16.5. The summed E-state index contributed by atoms with van der Waals surface area (Å²) < 4.78 is 4.76. The molecule has 0 bridgehead atoms. The van der Waals surface area contributed by atoms with Crippen molar-refractivity contribution in [3.63, 3.8) is 0 Å². The quantitative estimate of drug-likeness (QED) is 0.524. The molecule has 0 saturated heterocycles. The number of pyridine rings is 1. The first kappa shape index (κ1) is 4.49. The van der Waals surface area contributed by atoms with Crippen LogP contribution >= 0.6 is 0 Å². The van der Waals surface area contributed by atoms with E-state index < -0.39 is 0 Å². The maximum absolute atomic E-state index is 4.76. The fourth-order valence-electron chi connectivity index (χ4n) is 0.711. The summed E-state index contributed by atoms with van der Waals surface area (Å²) in [6.07, 6.45) is 3.32. The SMILES string of the molecule is c1cnc2oncc2c1. The van der Waals surface area contributed by atoms with Gasteiger partial charge in [-0.1, -0.05) is 5.16 Å². The van der Waals surface area contributed by atoms with E-state index in [0.717, 1.165) is 5.39 Å². The Morgan fingerprint density at radius 3 is 3.33 bits per heavy atom. The van der Waals surface area contributed by atoms with E-state index in [1.165, 1.54) is 0 Å². The average molecular weight is 120 g/mol. The van der Waals surface area contributed by atoms with Gasteiger partial charge in [0.05, 0.1) is 11.6 Å². The molecule has 0 atom stereocenters. The summed E-state index contributed by atoms with van der Waals surface area (Å²) in [5, 5.41) is 4.51. The monoisotopic (exact) mass is 120 g/mol. The first-order chi connectivity index (χ1) is 4.47. The lowest BCUT2D eigenvalue weighted by molar-refractivity contribution is 0.448. The Kier molecular flexibility index (Phi) is 0.773. The summed E-state index contributed by atoms with van der Waals surface area (Å²) in [6.45, 7) is 0. The smallest absolute Gasteiger partial charge is 0.257 e. The van der Waals surface area contributed by atoms with Crippen LogP contribution < -0.4 is 0 Å². The number of aromatic nitrogens is 2. The first-order valence-electron chi connectivity index (χ1n) is 2.62. The molecule has 0 spiro atoms. The largest absolute Gasteiger partial charge is 0.336 e. The summed E-state index contributed by atoms with van der Waals surface area (Å²) in [7, 11) is 0. The molecule has 3 heteroatoms. The van der Waals surface area contributed by atoms with Crippen LogP contribution in [0.4, 0.5) is 0 Å². The third-order valence-corrected chi connectivity index (χ3v) is 1.13. The second-order valence-corrected chi connectivity index (χ2v) is 1.72. The van der Waals surface area contributed by atoms with Crippen LogP contribution in [0.1, 0.15) is 0 Å². The summed E-state index contributed by atoms with van der Waals surface area (Å²) in [4.78, 5) is 3.91. The molecule has 2 rings (SSSR count). The van der Waals surface area contributed by atoms with Gasteiger partial charge in [-0.05, 0) is 12.1 Å². The van der Waals surface area contributed by atoms with Crippen molar-refractivity contribution in [3.05, 3.63) is 24.5 Å². The molecule has 0 amide bonds. The van der Waals surface area contributed by atoms with Crippen molar-refractivity contribution in [2.75, 3.05) is 0 Å². The molecule has 0 radical (unpaired) electrons. The molecule has 2 aromatic rings. The van der Waals surface area contributed by atoms with E-state index in [1.807, 2.05) is 12.1 Å². The van der Waals surface area contributed by atoms with Crippen LogP contribution in [0, 0.1) is 0 Å². The topological polar surface area (TPSA) is 38.9 Å². The van der Waals surface area contributed by atoms with Gasteiger partial charge in [-0.3, -0.25) is 0 Å². The Balaban J connectivity index is 2.95. The van der Waals surface area contributed by atoms with Crippen molar-refractivity contribution in [2.45, 2.75) is 0 Å². The van der Waals surface area contributed by atoms with E-state index in [2.05, 4.69) is 10.1 Å². The van der Waals surface area contributed by atoms with Gasteiger partial charge in [0.2, 0.25) is 0 Å². The number of hydrogen-bond donors (Lipinski definition) is 0. The van der Waals surface area contributed by atoms with Gasteiger partial charge in [0.15, 0.2) is 0 Å². The molecular formula is C6H4N2O. The van der Waals surface area contributed by atoms with Gasteiger partial charge in [-0.2, -0.15) is 0 Å². The zero-order valence-electron chi connectivity index (χ0n) is 4.61. The van der Waals surface area contributed by atoms with Crippen molar-refractivity contribution in [1.29, 1.82) is 0 Å². The van der Waals surface area contributed by atoms with Crippen LogP contribution in [0.5, 0.6) is 0 Å². The lowest BCUT2D eigenvalue weighted by Gasteiger charge is -1.78. The Bertz CT molecular complexity index is 285. The van der Waals surface area contributed by atoms with Crippen molar-refractivity contribution in [1.82, 2.24) is 10.1 Å². The predicted octanol–water partition coefficient (Wildman–Crippen LogP) is 1.22. The second kappa shape index (κ2) is 1.55. The minimum absolute atomic E-state index is 0.595. The van der Waals surface area contributed by atoms with Crippen LogP contribution in [-0.4, -0.2) is 10.1 Å². The van der Waals surface area contributed by atoms with E-state index >= 15 is 0 Å². The maximum Gasteiger partial charge on any atom is 0.257 e. The van der Waals surface area contributed by atoms with E-state index in [-0.39, 0.29) is 0 Å². The molecule has 0 saturated carbocycles. The molecule has 0 N–H and O–H groups in total. The van der Waals surface area contributed by atoms with Gasteiger partial charge < -0.3 is 4.52 Å². The van der Waals surface area contributed by atoms with Crippen LogP contribution in [0.2, 0.25) is 0 Å². The standard InChI is InChI=1S/C6H4N2O/c1-2-5-4-8-9-6(5)7-3-1/h1-4H. The number of hydrogen-bond acceptors (Lipinski definition) is 3. The number of fused-ring (bicyclic) bond motifs is 1. The highest BCUT2D eigenvalue weighted by molar-refractivity contribution is 5.70. The molecule has 0 aliphatic rings. The van der Waals surface area contributed by atoms with Gasteiger partial charge in [0, 0.05) is 6.20 Å². The highest BCUT2D eigenvalue weighted by Crippen LogP contribution is 2.06. The van der Waals surface area contributed by atoms with Crippen molar-refractivity contribution < 1.29 is 4.52 Å². The van der Waals surface area contributed by atoms with E-state index in [4.69, 9.17) is 4.52 Å². The van der Waals surface area contributed by atoms with Crippen LogP contribution in [0.3, 0.4) is 0 Å². The summed E-state index contributed by atoms with van der Waals surface area (Å²) in [6, 6.07) is 3.75. The molecule has 0 aliphatic heterocycles. The molecule has 0 aliphatic carbocycles. The minimum Gasteiger partial charge on any atom is -0.336 e. The molecule has 44 valence electrons. The molecule has 2 heterocycles. The third-order valence-electron chi connectivity index (χ3n) is 1.13. The fraction of sp³-hybridized carbons (Fsp3) is 0. The number of rotatable bonds is 0. The van der Waals surface area contributed by atoms with Crippen LogP contribution in [-0.2, 0) is 0 Å². The molecule has 2 aromatic heterocycles. The molecule has 0 unspecified atom stereocenters. The highest BCUT2D eigenvalue weighted by Gasteiger charge is 1.93. The Labute approximate surface area is 51.3 Å².